The Morgan fingerprint density at radius 1 is 1.19 bits per heavy atom. The summed E-state index contributed by atoms with van der Waals surface area (Å²) in [5, 5.41) is 12.0. The number of alkyl carbamates (subject to hydrolysis) is 1. The van der Waals surface area contributed by atoms with Gasteiger partial charge in [-0.2, -0.15) is 0 Å². The zero-order valence-electron chi connectivity index (χ0n) is 16.8. The summed E-state index contributed by atoms with van der Waals surface area (Å²) < 4.78 is 5.37. The number of ether oxygens (including phenoxy) is 1. The van der Waals surface area contributed by atoms with E-state index in [1.165, 1.54) is 0 Å². The molecule has 152 valence electrons. The fraction of sp³-hybridized carbons (Fsp3) is 0.889. The van der Waals surface area contributed by atoms with Crippen molar-refractivity contribution in [2.24, 2.45) is 11.7 Å². The van der Waals surface area contributed by atoms with Crippen LogP contribution in [0.4, 0.5) is 4.79 Å². The number of rotatable bonds is 7. The lowest BCUT2D eigenvalue weighted by Gasteiger charge is -2.37. The third-order valence-electron chi connectivity index (χ3n) is 4.15. The molecule has 0 unspecified atom stereocenters. The molecule has 0 bridgehead atoms. The second-order valence-corrected chi connectivity index (χ2v) is 8.39. The first-order chi connectivity index (χ1) is 12.0. The summed E-state index contributed by atoms with van der Waals surface area (Å²) in [7, 11) is 0. The van der Waals surface area contributed by atoms with Gasteiger partial charge in [-0.15, -0.1) is 0 Å². The van der Waals surface area contributed by atoms with Gasteiger partial charge < -0.3 is 25.8 Å². The second-order valence-electron chi connectivity index (χ2n) is 8.39. The summed E-state index contributed by atoms with van der Waals surface area (Å²) in [5.74, 6) is 0.234. The van der Waals surface area contributed by atoms with Crippen LogP contribution in [0.1, 0.15) is 41.0 Å². The largest absolute Gasteiger partial charge is 0.444 e. The highest BCUT2D eigenvalue weighted by atomic mass is 16.6. The number of piperazine rings is 1. The third kappa shape index (κ3) is 8.33. The van der Waals surface area contributed by atoms with Crippen LogP contribution in [0.3, 0.4) is 0 Å². The number of amides is 2. The molecule has 26 heavy (non-hydrogen) atoms. The summed E-state index contributed by atoms with van der Waals surface area (Å²) in [5.41, 5.74) is 5.08. The molecule has 1 fully saturated rings. The van der Waals surface area contributed by atoms with Gasteiger partial charge in [-0.1, -0.05) is 13.8 Å². The van der Waals surface area contributed by atoms with E-state index in [1.807, 2.05) is 20.8 Å². The van der Waals surface area contributed by atoms with Crippen LogP contribution < -0.4 is 11.1 Å². The lowest BCUT2D eigenvalue weighted by molar-refractivity contribution is -0.135. The number of nitrogens with zero attached hydrogens (tertiary/aromatic N) is 2. The molecule has 0 spiro atoms. The van der Waals surface area contributed by atoms with Gasteiger partial charge in [-0.25, -0.2) is 4.79 Å². The number of hydrogen-bond acceptors (Lipinski definition) is 6. The highest BCUT2D eigenvalue weighted by molar-refractivity contribution is 5.81. The van der Waals surface area contributed by atoms with Gasteiger partial charge in [0, 0.05) is 38.8 Å². The van der Waals surface area contributed by atoms with Crippen LogP contribution in [0, 0.1) is 5.92 Å². The number of nitrogens with two attached hydrogens (primary N) is 1. The van der Waals surface area contributed by atoms with Gasteiger partial charge in [0.05, 0.1) is 6.61 Å². The summed E-state index contributed by atoms with van der Waals surface area (Å²) in [4.78, 5) is 28.1. The smallest absolute Gasteiger partial charge is 0.407 e. The molecule has 1 saturated heterocycles. The van der Waals surface area contributed by atoms with Crippen LogP contribution in [-0.2, 0) is 9.53 Å². The van der Waals surface area contributed by atoms with E-state index in [4.69, 9.17) is 15.6 Å². The van der Waals surface area contributed by atoms with E-state index in [0.29, 0.717) is 38.6 Å². The van der Waals surface area contributed by atoms with Gasteiger partial charge in [-0.3, -0.25) is 9.69 Å². The quantitative estimate of drug-likeness (QED) is 0.597. The van der Waals surface area contributed by atoms with E-state index in [2.05, 4.69) is 24.1 Å². The maximum atomic E-state index is 12.1. The third-order valence-corrected chi connectivity index (χ3v) is 4.15. The predicted octanol–water partition coefficient (Wildman–Crippen LogP) is 0.390. The predicted molar refractivity (Wildman–Crippen MR) is 101 cm³/mol. The molecule has 1 rings (SSSR count). The fourth-order valence-corrected chi connectivity index (χ4v) is 3.00. The van der Waals surface area contributed by atoms with Crippen molar-refractivity contribution in [1.82, 2.24) is 15.1 Å². The van der Waals surface area contributed by atoms with Gasteiger partial charge in [0.25, 0.3) is 0 Å². The van der Waals surface area contributed by atoms with Crippen molar-refractivity contribution in [3.8, 4) is 0 Å². The Bertz CT molecular complexity index is 457. The zero-order valence-corrected chi connectivity index (χ0v) is 16.8. The summed E-state index contributed by atoms with van der Waals surface area (Å²) in [6.45, 7) is 12.7. The van der Waals surface area contributed by atoms with Gasteiger partial charge >= 0.3 is 6.09 Å². The standard InChI is InChI=1S/C18H36N4O4/c1-13(2)10-14(20-17(25)26-18(3,4)5)11-21-6-8-22(9-7-21)16(24)15(19)12-23/h13-15,23H,6-12,19H2,1-5H3,(H,20,25)/t14-,15-/m0/s1. The van der Waals surface area contributed by atoms with Gasteiger partial charge in [0.15, 0.2) is 0 Å². The summed E-state index contributed by atoms with van der Waals surface area (Å²) in [6, 6.07) is -0.851. The minimum atomic E-state index is -0.843. The van der Waals surface area contributed by atoms with Crippen LogP contribution in [0.5, 0.6) is 0 Å². The van der Waals surface area contributed by atoms with Crippen LogP contribution >= 0.6 is 0 Å². The first-order valence-corrected chi connectivity index (χ1v) is 9.39. The number of nitrogens with one attached hydrogen (secondary N) is 1. The molecule has 8 heteroatoms. The highest BCUT2D eigenvalue weighted by Crippen LogP contribution is 2.12. The Kier molecular flexibility index (Phi) is 8.79. The lowest BCUT2D eigenvalue weighted by atomic mass is 10.0. The fourth-order valence-electron chi connectivity index (χ4n) is 3.00. The Hall–Kier alpha value is -1.38. The van der Waals surface area contributed by atoms with Crippen molar-refractivity contribution >= 4 is 12.0 Å². The topological polar surface area (TPSA) is 108 Å². The van der Waals surface area contributed by atoms with Gasteiger partial charge in [0.2, 0.25) is 5.91 Å². The maximum Gasteiger partial charge on any atom is 0.407 e. The van der Waals surface area contributed by atoms with Crippen molar-refractivity contribution < 1.29 is 19.4 Å². The molecule has 8 nitrogen and oxygen atoms in total. The monoisotopic (exact) mass is 372 g/mol. The zero-order chi connectivity index (χ0) is 19.9. The normalized spacial score (nSPS) is 18.5. The van der Waals surface area contributed by atoms with Crippen LogP contribution in [0.2, 0.25) is 0 Å². The molecule has 0 aromatic heterocycles. The molecule has 0 radical (unpaired) electrons. The first kappa shape index (κ1) is 22.7. The Balaban J connectivity index is 2.54. The summed E-state index contributed by atoms with van der Waals surface area (Å²) in [6.07, 6.45) is 0.458. The molecule has 0 aromatic rings. The number of carbonyl (C=O) groups is 2. The van der Waals surface area contributed by atoms with E-state index >= 15 is 0 Å². The van der Waals surface area contributed by atoms with E-state index in [9.17, 15) is 9.59 Å². The average molecular weight is 373 g/mol. The number of aliphatic hydroxyl groups excluding tert-OH is 1. The maximum absolute atomic E-state index is 12.1. The molecule has 4 N–H and O–H groups in total. The van der Waals surface area contributed by atoms with Crippen molar-refractivity contribution in [1.29, 1.82) is 0 Å². The van der Waals surface area contributed by atoms with E-state index < -0.39 is 17.7 Å². The van der Waals surface area contributed by atoms with Crippen molar-refractivity contribution in [2.75, 3.05) is 39.3 Å². The Morgan fingerprint density at radius 2 is 1.77 bits per heavy atom. The molecule has 0 saturated carbocycles. The molecule has 1 heterocycles. The number of hydrogen-bond donors (Lipinski definition) is 3. The first-order valence-electron chi connectivity index (χ1n) is 9.39. The molecule has 0 aliphatic carbocycles. The van der Waals surface area contributed by atoms with Crippen molar-refractivity contribution in [2.45, 2.75) is 58.7 Å². The van der Waals surface area contributed by atoms with E-state index in [1.54, 1.807) is 4.90 Å². The van der Waals surface area contributed by atoms with Gasteiger partial charge in [-0.05, 0) is 33.1 Å². The lowest BCUT2D eigenvalue weighted by Crippen LogP contribution is -2.56. The van der Waals surface area contributed by atoms with Crippen LogP contribution in [0.25, 0.3) is 0 Å². The molecular weight excluding hydrogens is 336 g/mol. The number of aliphatic hydroxyl groups is 1. The molecule has 1 aliphatic rings. The Morgan fingerprint density at radius 3 is 2.23 bits per heavy atom. The Labute approximate surface area is 157 Å². The molecule has 2 atom stereocenters. The van der Waals surface area contributed by atoms with Crippen LogP contribution in [0.15, 0.2) is 0 Å². The molecule has 2 amide bonds. The van der Waals surface area contributed by atoms with Crippen molar-refractivity contribution in [3.63, 3.8) is 0 Å². The average Bonchev–Trinajstić information content (AvgIpc) is 2.51. The second kappa shape index (κ2) is 10.1. The molecular formula is C18H36N4O4. The highest BCUT2D eigenvalue weighted by Gasteiger charge is 2.27. The van der Waals surface area contributed by atoms with Crippen molar-refractivity contribution in [3.05, 3.63) is 0 Å². The van der Waals surface area contributed by atoms with E-state index in [-0.39, 0.29) is 18.6 Å². The van der Waals surface area contributed by atoms with E-state index in [0.717, 1.165) is 6.42 Å². The minimum Gasteiger partial charge on any atom is -0.444 e. The molecule has 1 aliphatic heterocycles. The molecule has 0 aromatic carbocycles. The number of carbonyl (C=O) groups excluding carboxylic acids is 2. The van der Waals surface area contributed by atoms with Crippen LogP contribution in [-0.4, -0.2) is 83.9 Å². The minimum absolute atomic E-state index is 0.00759. The van der Waals surface area contributed by atoms with Gasteiger partial charge in [0.1, 0.15) is 11.6 Å². The SMILES string of the molecule is CC(C)C[C@@H](CN1CCN(C(=O)[C@@H](N)CO)CC1)NC(=O)OC(C)(C)C. The summed E-state index contributed by atoms with van der Waals surface area (Å²) >= 11 is 0.